The van der Waals surface area contributed by atoms with Gasteiger partial charge in [0, 0.05) is 66.6 Å². The number of hydrogen-bond donors (Lipinski definition) is 1. The van der Waals surface area contributed by atoms with Crippen molar-refractivity contribution in [2.24, 2.45) is 5.92 Å². The van der Waals surface area contributed by atoms with E-state index in [1.165, 1.54) is 0 Å². The van der Waals surface area contributed by atoms with Crippen LogP contribution in [0, 0.1) is 5.92 Å². The van der Waals surface area contributed by atoms with Gasteiger partial charge in [-0.1, -0.05) is 23.2 Å². The summed E-state index contributed by atoms with van der Waals surface area (Å²) in [7, 11) is 0. The van der Waals surface area contributed by atoms with E-state index in [2.05, 4.69) is 10.4 Å². The number of carbonyl (C=O) groups is 3. The monoisotopic (exact) mass is 553 g/mol. The van der Waals surface area contributed by atoms with Gasteiger partial charge < -0.3 is 15.1 Å². The smallest absolute Gasteiger partial charge is 0.229 e. The van der Waals surface area contributed by atoms with Crippen molar-refractivity contribution in [2.45, 2.75) is 38.1 Å². The number of hydrogen-bond acceptors (Lipinski definition) is 4. The number of nitrogens with zero attached hydrogens (tertiary/aromatic N) is 4. The zero-order chi connectivity index (χ0) is 26.6. The van der Waals surface area contributed by atoms with Gasteiger partial charge in [0.15, 0.2) is 0 Å². The Morgan fingerprint density at radius 3 is 2.39 bits per heavy atom. The van der Waals surface area contributed by atoms with Crippen LogP contribution < -0.4 is 5.32 Å². The highest BCUT2D eigenvalue weighted by molar-refractivity contribution is 6.34. The standard InChI is InChI=1S/C28H29Cl2N5O3/c29-21-14-19(15-22(30)17-21)2-7-26(36)33-12-8-24(9-13-33)34-18-20(16-27(34)37)28(38)32-23-3-5-25(6-4-23)35-11-1-10-31-35/h1,3-6,10-11,14-15,17,20,24H,2,7-9,12-13,16,18H2,(H,32,38). The van der Waals surface area contributed by atoms with Crippen LogP contribution in [0.3, 0.4) is 0 Å². The van der Waals surface area contributed by atoms with Crippen molar-refractivity contribution in [1.29, 1.82) is 0 Å². The SMILES string of the molecule is O=C(Nc1ccc(-n2cccn2)cc1)C1CC(=O)N(C2CCN(C(=O)CCc3cc(Cl)cc(Cl)c3)CC2)C1. The van der Waals surface area contributed by atoms with E-state index in [4.69, 9.17) is 23.2 Å². The van der Waals surface area contributed by atoms with Crippen LogP contribution in [0.15, 0.2) is 60.9 Å². The molecule has 0 aliphatic carbocycles. The quantitative estimate of drug-likeness (QED) is 0.463. The van der Waals surface area contributed by atoms with E-state index in [0.717, 1.165) is 11.3 Å². The number of nitrogens with one attached hydrogen (secondary N) is 1. The number of rotatable bonds is 7. The van der Waals surface area contributed by atoms with Crippen LogP contribution in [-0.4, -0.2) is 63.0 Å². The number of benzene rings is 2. The summed E-state index contributed by atoms with van der Waals surface area (Å²) >= 11 is 12.1. The zero-order valence-electron chi connectivity index (χ0n) is 20.9. The summed E-state index contributed by atoms with van der Waals surface area (Å²) in [6, 6.07) is 14.6. The number of aromatic nitrogens is 2. The van der Waals surface area contributed by atoms with E-state index in [0.29, 0.717) is 61.1 Å². The Morgan fingerprint density at radius 1 is 1.03 bits per heavy atom. The Morgan fingerprint density at radius 2 is 1.74 bits per heavy atom. The first kappa shape index (κ1) is 26.3. The molecule has 5 rings (SSSR count). The predicted octanol–water partition coefficient (Wildman–Crippen LogP) is 4.59. The molecule has 2 aliphatic rings. The van der Waals surface area contributed by atoms with Crippen LogP contribution in [0.4, 0.5) is 5.69 Å². The van der Waals surface area contributed by atoms with Gasteiger partial charge in [-0.15, -0.1) is 0 Å². The Balaban J connectivity index is 1.09. The predicted molar refractivity (Wildman–Crippen MR) is 146 cm³/mol. The van der Waals surface area contributed by atoms with Gasteiger partial charge in [0.05, 0.1) is 11.6 Å². The molecule has 10 heteroatoms. The van der Waals surface area contributed by atoms with Gasteiger partial charge in [0.25, 0.3) is 0 Å². The normalized spacial score (nSPS) is 18.2. The highest BCUT2D eigenvalue weighted by atomic mass is 35.5. The van der Waals surface area contributed by atoms with Crippen LogP contribution in [0.25, 0.3) is 5.69 Å². The lowest BCUT2D eigenvalue weighted by molar-refractivity contribution is -0.134. The van der Waals surface area contributed by atoms with Gasteiger partial charge in [-0.05, 0) is 73.4 Å². The molecule has 0 radical (unpaired) electrons. The lowest BCUT2D eigenvalue weighted by atomic mass is 10.0. The fourth-order valence-corrected chi connectivity index (χ4v) is 5.79. The molecule has 2 saturated heterocycles. The van der Waals surface area contributed by atoms with E-state index >= 15 is 0 Å². The number of carbonyl (C=O) groups excluding carboxylic acids is 3. The lowest BCUT2D eigenvalue weighted by Gasteiger charge is -2.37. The summed E-state index contributed by atoms with van der Waals surface area (Å²) in [5.41, 5.74) is 2.52. The third-order valence-electron chi connectivity index (χ3n) is 7.24. The van der Waals surface area contributed by atoms with Gasteiger partial charge >= 0.3 is 0 Å². The Bertz CT molecular complexity index is 1280. The molecule has 0 saturated carbocycles. The Kier molecular flexibility index (Phi) is 8.00. The van der Waals surface area contributed by atoms with E-state index in [1.807, 2.05) is 58.5 Å². The minimum absolute atomic E-state index is 0.00166. The van der Waals surface area contributed by atoms with Crippen molar-refractivity contribution < 1.29 is 14.4 Å². The van der Waals surface area contributed by atoms with Crippen molar-refractivity contribution in [3.8, 4) is 5.69 Å². The summed E-state index contributed by atoms with van der Waals surface area (Å²) in [5, 5.41) is 8.26. The lowest BCUT2D eigenvalue weighted by Crippen LogP contribution is -2.47. The van der Waals surface area contributed by atoms with Crippen molar-refractivity contribution in [2.75, 3.05) is 25.0 Å². The number of aryl methyl sites for hydroxylation is 1. The highest BCUT2D eigenvalue weighted by Crippen LogP contribution is 2.27. The molecule has 3 aromatic rings. The molecule has 2 fully saturated rings. The zero-order valence-corrected chi connectivity index (χ0v) is 22.4. The molecule has 3 heterocycles. The van der Waals surface area contributed by atoms with Crippen molar-refractivity contribution in [1.82, 2.24) is 19.6 Å². The number of piperidine rings is 1. The fraction of sp³-hybridized carbons (Fsp3) is 0.357. The van der Waals surface area contributed by atoms with Gasteiger partial charge in [0.2, 0.25) is 17.7 Å². The molecule has 198 valence electrons. The molecule has 2 aliphatic heterocycles. The first-order valence-corrected chi connectivity index (χ1v) is 13.5. The number of anilines is 1. The summed E-state index contributed by atoms with van der Waals surface area (Å²) in [5.74, 6) is -0.455. The molecule has 2 aromatic carbocycles. The molecular formula is C28H29Cl2N5O3. The maximum Gasteiger partial charge on any atom is 0.229 e. The summed E-state index contributed by atoms with van der Waals surface area (Å²) < 4.78 is 1.74. The van der Waals surface area contributed by atoms with Gasteiger partial charge in [0.1, 0.15) is 0 Å². The van der Waals surface area contributed by atoms with E-state index in [1.54, 1.807) is 16.9 Å². The fourth-order valence-electron chi connectivity index (χ4n) is 5.22. The number of halogens is 2. The molecule has 8 nitrogen and oxygen atoms in total. The molecule has 1 atom stereocenters. The minimum atomic E-state index is -0.391. The van der Waals surface area contributed by atoms with Crippen LogP contribution >= 0.6 is 23.2 Å². The maximum atomic E-state index is 12.9. The Hall–Kier alpha value is -3.36. The van der Waals surface area contributed by atoms with Gasteiger partial charge in [-0.25, -0.2) is 4.68 Å². The minimum Gasteiger partial charge on any atom is -0.343 e. The van der Waals surface area contributed by atoms with Gasteiger partial charge in [-0.2, -0.15) is 5.10 Å². The average molecular weight is 554 g/mol. The van der Waals surface area contributed by atoms with Crippen LogP contribution in [0.1, 0.15) is 31.2 Å². The van der Waals surface area contributed by atoms with E-state index in [-0.39, 0.29) is 30.2 Å². The first-order chi connectivity index (χ1) is 18.4. The second kappa shape index (κ2) is 11.6. The Labute approximate surface area is 231 Å². The summed E-state index contributed by atoms with van der Waals surface area (Å²) in [6.07, 6.45) is 6.15. The van der Waals surface area contributed by atoms with Crippen molar-refractivity contribution in [3.05, 3.63) is 76.5 Å². The average Bonchev–Trinajstić information content (AvgIpc) is 3.58. The van der Waals surface area contributed by atoms with Gasteiger partial charge in [-0.3, -0.25) is 14.4 Å². The first-order valence-electron chi connectivity index (χ1n) is 12.8. The second-order valence-corrected chi connectivity index (χ2v) is 10.7. The maximum absolute atomic E-state index is 12.9. The van der Waals surface area contributed by atoms with E-state index < -0.39 is 5.92 Å². The highest BCUT2D eigenvalue weighted by Gasteiger charge is 2.39. The largest absolute Gasteiger partial charge is 0.343 e. The molecule has 0 spiro atoms. The molecule has 1 unspecified atom stereocenters. The van der Waals surface area contributed by atoms with E-state index in [9.17, 15) is 14.4 Å². The topological polar surface area (TPSA) is 87.5 Å². The second-order valence-electron chi connectivity index (χ2n) is 9.82. The van der Waals surface area contributed by atoms with Crippen LogP contribution in [0.5, 0.6) is 0 Å². The molecule has 0 bridgehead atoms. The van der Waals surface area contributed by atoms with Crippen molar-refractivity contribution in [3.63, 3.8) is 0 Å². The third kappa shape index (κ3) is 6.19. The number of likely N-dealkylation sites (tertiary alicyclic amines) is 2. The third-order valence-corrected chi connectivity index (χ3v) is 7.68. The van der Waals surface area contributed by atoms with Crippen LogP contribution in [-0.2, 0) is 20.8 Å². The molecule has 1 aromatic heterocycles. The van der Waals surface area contributed by atoms with Crippen LogP contribution in [0.2, 0.25) is 10.0 Å². The molecule has 38 heavy (non-hydrogen) atoms. The molecule has 1 N–H and O–H groups in total. The molecular weight excluding hydrogens is 525 g/mol. The van der Waals surface area contributed by atoms with Crippen molar-refractivity contribution >= 4 is 46.6 Å². The molecule has 3 amide bonds. The summed E-state index contributed by atoms with van der Waals surface area (Å²) in [4.78, 5) is 42.1. The number of amides is 3. The summed E-state index contributed by atoms with van der Waals surface area (Å²) in [6.45, 7) is 1.61.